The number of nitrogens with one attached hydrogen (secondary N) is 1. The summed E-state index contributed by atoms with van der Waals surface area (Å²) in [4.78, 5) is 11.9. The Kier molecular flexibility index (Phi) is 4.71. The number of pyridine rings is 1. The van der Waals surface area contributed by atoms with E-state index < -0.39 is 22.7 Å². The number of carbonyl (C=O) groups excluding carboxylic acids is 1. The van der Waals surface area contributed by atoms with E-state index in [1.165, 1.54) is 6.07 Å². The molecule has 1 amide bonds. The molecule has 0 aliphatic rings. The zero-order valence-corrected chi connectivity index (χ0v) is 12.4. The molecule has 0 saturated heterocycles. The Labute approximate surface area is 130 Å². The summed E-state index contributed by atoms with van der Waals surface area (Å²) < 4.78 is 39.9. The average Bonchev–Trinajstić information content (AvgIpc) is 2.42. The lowest BCUT2D eigenvalue weighted by atomic mass is 10.2. The lowest BCUT2D eigenvalue weighted by Gasteiger charge is -2.11. The molecule has 0 aliphatic heterocycles. The van der Waals surface area contributed by atoms with E-state index in [4.69, 9.17) is 11.6 Å². The maximum atomic E-state index is 12.7. The van der Waals surface area contributed by atoms with Gasteiger partial charge in [0.1, 0.15) is 0 Å². The number of alkyl halides is 3. The Morgan fingerprint density at radius 1 is 1.23 bits per heavy atom. The fourth-order valence-electron chi connectivity index (χ4n) is 1.82. The van der Waals surface area contributed by atoms with E-state index in [1.54, 1.807) is 17.0 Å². The van der Waals surface area contributed by atoms with E-state index in [0.717, 1.165) is 17.7 Å². The first-order valence-corrected chi connectivity index (χ1v) is 6.76. The predicted octanol–water partition coefficient (Wildman–Crippen LogP) is 3.59. The second kappa shape index (κ2) is 6.36. The number of nitrogens with zero attached hydrogens (tertiary/aromatic N) is 1. The molecule has 0 bridgehead atoms. The summed E-state index contributed by atoms with van der Waals surface area (Å²) in [5, 5.41) is 2.02. The van der Waals surface area contributed by atoms with Crippen LogP contribution in [0.15, 0.2) is 42.7 Å². The van der Waals surface area contributed by atoms with Gasteiger partial charge in [-0.25, -0.2) is 0 Å². The molecule has 0 radical (unpaired) electrons. The number of anilines is 1. The fraction of sp³-hybridized carbons (Fsp3) is 0.200. The van der Waals surface area contributed by atoms with Gasteiger partial charge in [0.15, 0.2) is 12.4 Å². The Hall–Kier alpha value is -2.08. The average molecular weight is 330 g/mol. The maximum absolute atomic E-state index is 12.7. The highest BCUT2D eigenvalue weighted by Crippen LogP contribution is 2.36. The third kappa shape index (κ3) is 4.21. The largest absolute Gasteiger partial charge is 0.417 e. The van der Waals surface area contributed by atoms with Gasteiger partial charge in [0.05, 0.1) is 10.6 Å². The fourth-order valence-corrected chi connectivity index (χ4v) is 2.05. The molecule has 7 heteroatoms. The minimum Gasteiger partial charge on any atom is -0.321 e. The van der Waals surface area contributed by atoms with Crippen molar-refractivity contribution in [3.05, 3.63) is 58.9 Å². The third-order valence-electron chi connectivity index (χ3n) is 2.94. The van der Waals surface area contributed by atoms with Gasteiger partial charge >= 0.3 is 6.18 Å². The minimum atomic E-state index is -4.57. The summed E-state index contributed by atoms with van der Waals surface area (Å²) in [6.45, 7) is 1.92. The van der Waals surface area contributed by atoms with Crippen molar-refractivity contribution in [2.45, 2.75) is 19.6 Å². The molecule has 2 rings (SSSR count). The number of aryl methyl sites for hydroxylation is 1. The summed E-state index contributed by atoms with van der Waals surface area (Å²) in [7, 11) is 0. The minimum absolute atomic E-state index is 0.00422. The van der Waals surface area contributed by atoms with E-state index >= 15 is 0 Å². The van der Waals surface area contributed by atoms with Crippen LogP contribution in [0.1, 0.15) is 11.1 Å². The van der Waals surface area contributed by atoms with Crippen LogP contribution >= 0.6 is 11.6 Å². The van der Waals surface area contributed by atoms with Gasteiger partial charge in [0.25, 0.3) is 5.91 Å². The van der Waals surface area contributed by atoms with Gasteiger partial charge in [0, 0.05) is 17.8 Å². The standard InChI is InChI=1S/C15H12ClF3N2O/c1-10-4-6-21(7-5-10)9-14(22)20-11-2-3-13(16)12(8-11)15(17,18)19/h2-8H,9H2,1H3/p+1. The molecule has 2 aromatic rings. The number of hydrogen-bond acceptors (Lipinski definition) is 1. The zero-order chi connectivity index (χ0) is 16.3. The van der Waals surface area contributed by atoms with Crippen molar-refractivity contribution < 1.29 is 22.5 Å². The number of amides is 1. The number of hydrogen-bond donors (Lipinski definition) is 1. The molecule has 0 aliphatic carbocycles. The van der Waals surface area contributed by atoms with Gasteiger partial charge < -0.3 is 5.32 Å². The molecular formula is C15H13ClF3N2O+. The summed E-state index contributed by atoms with van der Waals surface area (Å²) in [6, 6.07) is 6.92. The molecule has 0 saturated carbocycles. The lowest BCUT2D eigenvalue weighted by Crippen LogP contribution is -2.39. The van der Waals surface area contributed by atoms with Crippen LogP contribution in [0.4, 0.5) is 18.9 Å². The molecule has 3 nitrogen and oxygen atoms in total. The van der Waals surface area contributed by atoms with Gasteiger partial charge in [-0.15, -0.1) is 0 Å². The molecule has 1 aromatic carbocycles. The maximum Gasteiger partial charge on any atom is 0.417 e. The summed E-state index contributed by atoms with van der Waals surface area (Å²) >= 11 is 5.53. The van der Waals surface area contributed by atoms with Crippen molar-refractivity contribution in [2.24, 2.45) is 0 Å². The number of rotatable bonds is 3. The second-order valence-corrected chi connectivity index (χ2v) is 5.20. The van der Waals surface area contributed by atoms with Crippen LogP contribution < -0.4 is 9.88 Å². The molecule has 0 spiro atoms. The van der Waals surface area contributed by atoms with Crippen LogP contribution in [0.2, 0.25) is 5.02 Å². The summed E-state index contributed by atoms with van der Waals surface area (Å²) in [6.07, 6.45) is -1.13. The summed E-state index contributed by atoms with van der Waals surface area (Å²) in [5.74, 6) is -0.427. The first-order valence-electron chi connectivity index (χ1n) is 6.38. The normalized spacial score (nSPS) is 11.3. The molecule has 1 aromatic heterocycles. The molecule has 1 heterocycles. The van der Waals surface area contributed by atoms with Crippen molar-refractivity contribution in [1.82, 2.24) is 0 Å². The monoisotopic (exact) mass is 329 g/mol. The van der Waals surface area contributed by atoms with E-state index in [9.17, 15) is 18.0 Å². The van der Waals surface area contributed by atoms with Crippen LogP contribution in [-0.2, 0) is 17.5 Å². The van der Waals surface area contributed by atoms with E-state index in [2.05, 4.69) is 5.32 Å². The first kappa shape index (κ1) is 16.3. The van der Waals surface area contributed by atoms with Gasteiger partial charge in [-0.3, -0.25) is 4.79 Å². The Morgan fingerprint density at radius 3 is 2.45 bits per heavy atom. The molecular weight excluding hydrogens is 317 g/mol. The highest BCUT2D eigenvalue weighted by Gasteiger charge is 2.33. The predicted molar refractivity (Wildman–Crippen MR) is 76.5 cm³/mol. The topological polar surface area (TPSA) is 33.0 Å². The van der Waals surface area contributed by atoms with Crippen LogP contribution in [0, 0.1) is 6.92 Å². The molecule has 1 N–H and O–H groups in total. The number of halogens is 4. The van der Waals surface area contributed by atoms with Crippen molar-refractivity contribution in [3.8, 4) is 0 Å². The van der Waals surface area contributed by atoms with E-state index in [-0.39, 0.29) is 12.2 Å². The number of carbonyl (C=O) groups is 1. The van der Waals surface area contributed by atoms with E-state index in [0.29, 0.717) is 0 Å². The van der Waals surface area contributed by atoms with Crippen LogP contribution in [0.5, 0.6) is 0 Å². The van der Waals surface area contributed by atoms with E-state index in [1.807, 2.05) is 19.1 Å². The van der Waals surface area contributed by atoms with Gasteiger partial charge in [0.2, 0.25) is 6.54 Å². The first-order chi connectivity index (χ1) is 10.3. The molecule has 0 unspecified atom stereocenters. The smallest absolute Gasteiger partial charge is 0.321 e. The number of benzene rings is 1. The SMILES string of the molecule is Cc1cc[n+](CC(=O)Nc2ccc(Cl)c(C(F)(F)F)c2)cc1. The van der Waals surface area contributed by atoms with Crippen molar-refractivity contribution in [2.75, 3.05) is 5.32 Å². The van der Waals surface area contributed by atoms with Crippen molar-refractivity contribution in [3.63, 3.8) is 0 Å². The van der Waals surface area contributed by atoms with Gasteiger partial charge in [-0.2, -0.15) is 17.7 Å². The Morgan fingerprint density at radius 2 is 1.86 bits per heavy atom. The molecule has 22 heavy (non-hydrogen) atoms. The molecule has 116 valence electrons. The molecule has 0 atom stereocenters. The van der Waals surface area contributed by atoms with Gasteiger partial charge in [-0.05, 0) is 30.7 Å². The van der Waals surface area contributed by atoms with Gasteiger partial charge in [-0.1, -0.05) is 11.6 Å². The van der Waals surface area contributed by atoms with Crippen LogP contribution in [-0.4, -0.2) is 5.91 Å². The zero-order valence-electron chi connectivity index (χ0n) is 11.6. The van der Waals surface area contributed by atoms with Crippen LogP contribution in [0.25, 0.3) is 0 Å². The highest BCUT2D eigenvalue weighted by atomic mass is 35.5. The Bertz CT molecular complexity index is 684. The van der Waals surface area contributed by atoms with Crippen molar-refractivity contribution in [1.29, 1.82) is 0 Å². The quantitative estimate of drug-likeness (QED) is 0.858. The third-order valence-corrected chi connectivity index (χ3v) is 3.27. The van der Waals surface area contributed by atoms with Crippen molar-refractivity contribution >= 4 is 23.2 Å². The summed E-state index contributed by atoms with van der Waals surface area (Å²) in [5.41, 5.74) is 0.119. The molecule has 0 fully saturated rings. The lowest BCUT2D eigenvalue weighted by molar-refractivity contribution is -0.684. The highest BCUT2D eigenvalue weighted by molar-refractivity contribution is 6.31. The van der Waals surface area contributed by atoms with Crippen LogP contribution in [0.3, 0.4) is 0 Å². The second-order valence-electron chi connectivity index (χ2n) is 4.79. The number of aromatic nitrogens is 1. The Balaban J connectivity index is 2.10.